The average molecular weight is 279 g/mol. The number of halogens is 2. The minimum atomic E-state index is -0.512. The first-order valence-corrected chi connectivity index (χ1v) is 6.88. The maximum atomic E-state index is 13.9. The summed E-state index contributed by atoms with van der Waals surface area (Å²) in [7, 11) is 0. The van der Waals surface area contributed by atoms with E-state index in [4.69, 9.17) is 5.73 Å². The molecule has 3 nitrogen and oxygen atoms in total. The number of rotatable bonds is 5. The molecule has 2 aromatic rings. The van der Waals surface area contributed by atoms with Gasteiger partial charge in [0.1, 0.15) is 29.0 Å². The summed E-state index contributed by atoms with van der Waals surface area (Å²) in [5, 5.41) is 0. The Kier molecular flexibility index (Phi) is 4.37. The van der Waals surface area contributed by atoms with E-state index in [1.807, 2.05) is 18.4 Å². The van der Waals surface area contributed by atoms with Crippen molar-refractivity contribution in [2.24, 2.45) is 0 Å². The minimum absolute atomic E-state index is 0.120. The number of hydrogen-bond donors (Lipinski definition) is 1. The van der Waals surface area contributed by atoms with Gasteiger partial charge in [-0.2, -0.15) is 0 Å². The molecule has 0 aliphatic rings. The normalized spacial score (nSPS) is 11.0. The van der Waals surface area contributed by atoms with Gasteiger partial charge in [0.05, 0.1) is 0 Å². The maximum Gasteiger partial charge on any atom is 0.132 e. The number of aryl methyl sites for hydroxylation is 1. The van der Waals surface area contributed by atoms with Crippen LogP contribution in [0.2, 0.25) is 0 Å². The van der Waals surface area contributed by atoms with Gasteiger partial charge in [-0.1, -0.05) is 13.8 Å². The van der Waals surface area contributed by atoms with Gasteiger partial charge in [0, 0.05) is 18.5 Å². The van der Waals surface area contributed by atoms with Crippen LogP contribution in [-0.4, -0.2) is 9.55 Å². The van der Waals surface area contributed by atoms with Gasteiger partial charge < -0.3 is 10.3 Å². The molecule has 0 saturated heterocycles. The van der Waals surface area contributed by atoms with Crippen LogP contribution in [0.4, 0.5) is 14.6 Å². The first-order valence-electron chi connectivity index (χ1n) is 6.88. The lowest BCUT2D eigenvalue weighted by Crippen LogP contribution is -2.06. The molecule has 2 rings (SSSR count). The van der Waals surface area contributed by atoms with E-state index < -0.39 is 11.6 Å². The fraction of sp³-hybridized carbons (Fsp3) is 0.400. The molecule has 0 amide bonds. The molecule has 108 valence electrons. The number of benzene rings is 1. The Morgan fingerprint density at radius 3 is 2.60 bits per heavy atom. The Morgan fingerprint density at radius 2 is 1.95 bits per heavy atom. The van der Waals surface area contributed by atoms with Crippen LogP contribution in [0.3, 0.4) is 0 Å². The third kappa shape index (κ3) is 2.66. The Morgan fingerprint density at radius 1 is 1.20 bits per heavy atom. The van der Waals surface area contributed by atoms with Gasteiger partial charge >= 0.3 is 0 Å². The highest BCUT2D eigenvalue weighted by molar-refractivity contribution is 5.71. The largest absolute Gasteiger partial charge is 0.383 e. The Labute approximate surface area is 117 Å². The van der Waals surface area contributed by atoms with Crippen LogP contribution in [0.25, 0.3) is 11.3 Å². The van der Waals surface area contributed by atoms with Crippen LogP contribution >= 0.6 is 0 Å². The number of nitrogen functional groups attached to an aromatic ring is 1. The monoisotopic (exact) mass is 279 g/mol. The van der Waals surface area contributed by atoms with Crippen molar-refractivity contribution in [3.63, 3.8) is 0 Å². The Hall–Kier alpha value is -1.91. The lowest BCUT2D eigenvalue weighted by Gasteiger charge is -2.07. The summed E-state index contributed by atoms with van der Waals surface area (Å²) in [5.41, 5.74) is 6.54. The van der Waals surface area contributed by atoms with E-state index in [2.05, 4.69) is 4.98 Å². The van der Waals surface area contributed by atoms with Crippen LogP contribution in [-0.2, 0) is 13.0 Å². The van der Waals surface area contributed by atoms with E-state index in [1.54, 1.807) is 0 Å². The van der Waals surface area contributed by atoms with E-state index in [-0.39, 0.29) is 5.56 Å². The number of hydrogen-bond acceptors (Lipinski definition) is 2. The van der Waals surface area contributed by atoms with E-state index in [1.165, 1.54) is 0 Å². The second kappa shape index (κ2) is 6.03. The Bertz CT molecular complexity index is 605. The first-order chi connectivity index (χ1) is 9.58. The zero-order valence-corrected chi connectivity index (χ0v) is 11.8. The van der Waals surface area contributed by atoms with Gasteiger partial charge in [0.25, 0.3) is 0 Å². The average Bonchev–Trinajstić information content (AvgIpc) is 2.71. The summed E-state index contributed by atoms with van der Waals surface area (Å²) < 4.78 is 29.1. The maximum absolute atomic E-state index is 13.9. The molecule has 5 heteroatoms. The lowest BCUT2D eigenvalue weighted by atomic mass is 10.1. The molecule has 0 saturated carbocycles. The molecule has 20 heavy (non-hydrogen) atoms. The molecule has 0 radical (unpaired) electrons. The summed E-state index contributed by atoms with van der Waals surface area (Å²) in [6.45, 7) is 4.81. The fourth-order valence-corrected chi connectivity index (χ4v) is 2.28. The standard InChI is InChI=1S/C15H19F2N3/c1-3-5-13-19-14(15(18)20(13)8-4-2)11-9-10(16)6-7-12(11)17/h6-7,9H,3-5,8,18H2,1-2H3. The van der Waals surface area contributed by atoms with Crippen LogP contribution in [0, 0.1) is 11.6 Å². The molecule has 2 N–H and O–H groups in total. The smallest absolute Gasteiger partial charge is 0.132 e. The first kappa shape index (κ1) is 14.5. The molecule has 0 aliphatic carbocycles. The van der Waals surface area contributed by atoms with Crippen molar-refractivity contribution in [2.75, 3.05) is 5.73 Å². The van der Waals surface area contributed by atoms with Gasteiger partial charge in [-0.05, 0) is 31.0 Å². The van der Waals surface area contributed by atoms with Gasteiger partial charge in [0.15, 0.2) is 0 Å². The van der Waals surface area contributed by atoms with Crippen LogP contribution in [0.15, 0.2) is 18.2 Å². The van der Waals surface area contributed by atoms with Crippen molar-refractivity contribution in [3.8, 4) is 11.3 Å². The van der Waals surface area contributed by atoms with Crippen molar-refractivity contribution >= 4 is 5.82 Å². The van der Waals surface area contributed by atoms with Gasteiger partial charge in [-0.15, -0.1) is 0 Å². The zero-order valence-electron chi connectivity index (χ0n) is 11.8. The molecule has 0 fully saturated rings. The second-order valence-corrected chi connectivity index (χ2v) is 4.79. The SMILES string of the molecule is CCCc1nc(-c2cc(F)ccc2F)c(N)n1CCC. The Balaban J connectivity index is 2.56. The highest BCUT2D eigenvalue weighted by atomic mass is 19.1. The molecule has 0 aliphatic heterocycles. The summed E-state index contributed by atoms with van der Waals surface area (Å²) >= 11 is 0. The molecule has 0 unspecified atom stereocenters. The number of imidazole rings is 1. The number of nitrogens with two attached hydrogens (primary N) is 1. The number of nitrogens with zero attached hydrogens (tertiary/aromatic N) is 2. The summed E-state index contributed by atoms with van der Waals surface area (Å²) in [6, 6.07) is 3.33. The van der Waals surface area contributed by atoms with Crippen LogP contribution in [0.1, 0.15) is 32.5 Å². The van der Waals surface area contributed by atoms with E-state index in [0.717, 1.165) is 49.8 Å². The quantitative estimate of drug-likeness (QED) is 0.905. The summed E-state index contributed by atoms with van der Waals surface area (Å²) in [4.78, 5) is 4.42. The zero-order chi connectivity index (χ0) is 14.7. The molecular formula is C15H19F2N3. The predicted octanol–water partition coefficient (Wildman–Crippen LogP) is 3.77. The number of aromatic nitrogens is 2. The van der Waals surface area contributed by atoms with E-state index >= 15 is 0 Å². The van der Waals surface area contributed by atoms with Gasteiger partial charge in [0.2, 0.25) is 0 Å². The van der Waals surface area contributed by atoms with Crippen molar-refractivity contribution in [2.45, 2.75) is 39.7 Å². The third-order valence-electron chi connectivity index (χ3n) is 3.19. The predicted molar refractivity (Wildman–Crippen MR) is 76.3 cm³/mol. The highest BCUT2D eigenvalue weighted by Gasteiger charge is 2.18. The van der Waals surface area contributed by atoms with Gasteiger partial charge in [-0.3, -0.25) is 0 Å². The van der Waals surface area contributed by atoms with Crippen LogP contribution < -0.4 is 5.73 Å². The van der Waals surface area contributed by atoms with Gasteiger partial charge in [-0.25, -0.2) is 13.8 Å². The van der Waals surface area contributed by atoms with Crippen molar-refractivity contribution in [3.05, 3.63) is 35.7 Å². The topological polar surface area (TPSA) is 43.8 Å². The lowest BCUT2D eigenvalue weighted by molar-refractivity contribution is 0.603. The summed E-state index contributed by atoms with van der Waals surface area (Å²) in [5.74, 6) is 0.218. The van der Waals surface area contributed by atoms with E-state index in [0.29, 0.717) is 11.5 Å². The molecular weight excluding hydrogens is 260 g/mol. The third-order valence-corrected chi connectivity index (χ3v) is 3.19. The molecule has 1 aromatic carbocycles. The minimum Gasteiger partial charge on any atom is -0.383 e. The molecule has 0 spiro atoms. The highest BCUT2D eigenvalue weighted by Crippen LogP contribution is 2.29. The number of anilines is 1. The summed E-state index contributed by atoms with van der Waals surface area (Å²) in [6.07, 6.45) is 2.59. The molecule has 0 bridgehead atoms. The van der Waals surface area contributed by atoms with Crippen molar-refractivity contribution < 1.29 is 8.78 Å². The van der Waals surface area contributed by atoms with Crippen molar-refractivity contribution in [1.29, 1.82) is 0 Å². The van der Waals surface area contributed by atoms with E-state index in [9.17, 15) is 8.78 Å². The second-order valence-electron chi connectivity index (χ2n) is 4.79. The van der Waals surface area contributed by atoms with Crippen molar-refractivity contribution in [1.82, 2.24) is 9.55 Å². The molecule has 0 atom stereocenters. The molecule has 1 aromatic heterocycles. The molecule has 1 heterocycles. The van der Waals surface area contributed by atoms with Crippen LogP contribution in [0.5, 0.6) is 0 Å². The fourth-order valence-electron chi connectivity index (χ4n) is 2.28.